The van der Waals surface area contributed by atoms with Gasteiger partial charge in [0.2, 0.25) is 0 Å². The van der Waals surface area contributed by atoms with Gasteiger partial charge in [0, 0.05) is 0 Å². The Morgan fingerprint density at radius 2 is 2.00 bits per heavy atom. The average Bonchev–Trinajstić information content (AvgIpc) is 2.51. The predicted octanol–water partition coefficient (Wildman–Crippen LogP) is 1.84. The van der Waals surface area contributed by atoms with E-state index in [0.29, 0.717) is 18.4 Å². The van der Waals surface area contributed by atoms with Gasteiger partial charge in [0.05, 0.1) is 12.5 Å². The van der Waals surface area contributed by atoms with Crippen LogP contribution in [0.2, 0.25) is 0 Å². The third-order valence-electron chi connectivity index (χ3n) is 3.24. The van der Waals surface area contributed by atoms with Crippen LogP contribution in [0.15, 0.2) is 0 Å². The summed E-state index contributed by atoms with van der Waals surface area (Å²) in [4.78, 5) is 11.3. The fourth-order valence-electron chi connectivity index (χ4n) is 2.70. The highest BCUT2D eigenvalue weighted by atomic mass is 16.5. The first-order valence-electron chi connectivity index (χ1n) is 4.90. The SMILES string of the molecule is CCOC(=O)[C@H]1[C@@H]2CC(C)C[C@@H]21. The maximum absolute atomic E-state index is 11.3. The molecular weight excluding hydrogens is 152 g/mol. The minimum Gasteiger partial charge on any atom is -0.466 e. The van der Waals surface area contributed by atoms with Gasteiger partial charge in [-0.3, -0.25) is 4.79 Å². The molecule has 0 aromatic carbocycles. The smallest absolute Gasteiger partial charge is 0.309 e. The normalized spacial score (nSPS) is 43.8. The predicted molar refractivity (Wildman–Crippen MR) is 45.5 cm³/mol. The Kier molecular flexibility index (Phi) is 1.85. The fourth-order valence-corrected chi connectivity index (χ4v) is 2.70. The summed E-state index contributed by atoms with van der Waals surface area (Å²) in [5, 5.41) is 0. The van der Waals surface area contributed by atoms with Gasteiger partial charge >= 0.3 is 5.97 Å². The summed E-state index contributed by atoms with van der Waals surface area (Å²) in [6.45, 7) is 4.68. The highest BCUT2D eigenvalue weighted by Crippen LogP contribution is 2.59. The summed E-state index contributed by atoms with van der Waals surface area (Å²) in [6, 6.07) is 0. The van der Waals surface area contributed by atoms with Crippen LogP contribution in [0.1, 0.15) is 26.7 Å². The van der Waals surface area contributed by atoms with E-state index < -0.39 is 0 Å². The zero-order valence-electron chi connectivity index (χ0n) is 7.75. The number of esters is 1. The summed E-state index contributed by atoms with van der Waals surface area (Å²) < 4.78 is 5.00. The van der Waals surface area contributed by atoms with Crippen molar-refractivity contribution in [1.29, 1.82) is 0 Å². The number of hydrogen-bond donors (Lipinski definition) is 0. The van der Waals surface area contributed by atoms with E-state index in [2.05, 4.69) is 6.92 Å². The Labute approximate surface area is 73.3 Å². The maximum Gasteiger partial charge on any atom is 0.309 e. The third kappa shape index (κ3) is 1.13. The van der Waals surface area contributed by atoms with E-state index >= 15 is 0 Å². The molecule has 2 fully saturated rings. The highest BCUT2D eigenvalue weighted by molar-refractivity contribution is 5.76. The number of carbonyl (C=O) groups excluding carboxylic acids is 1. The first-order valence-corrected chi connectivity index (χ1v) is 4.90. The van der Waals surface area contributed by atoms with Crippen molar-refractivity contribution in [3.8, 4) is 0 Å². The van der Waals surface area contributed by atoms with Crippen molar-refractivity contribution in [3.05, 3.63) is 0 Å². The van der Waals surface area contributed by atoms with Crippen molar-refractivity contribution < 1.29 is 9.53 Å². The van der Waals surface area contributed by atoms with E-state index in [1.54, 1.807) is 0 Å². The van der Waals surface area contributed by atoms with E-state index in [-0.39, 0.29) is 11.9 Å². The minimum atomic E-state index is 0.0550. The van der Waals surface area contributed by atoms with Gasteiger partial charge in [-0.25, -0.2) is 0 Å². The van der Waals surface area contributed by atoms with Gasteiger partial charge in [0.1, 0.15) is 0 Å². The lowest BCUT2D eigenvalue weighted by Gasteiger charge is -2.07. The first-order chi connectivity index (χ1) is 5.74. The molecule has 0 bridgehead atoms. The first kappa shape index (κ1) is 8.09. The lowest BCUT2D eigenvalue weighted by Crippen LogP contribution is -2.11. The second kappa shape index (κ2) is 2.75. The second-order valence-corrected chi connectivity index (χ2v) is 4.18. The molecule has 0 aromatic heterocycles. The number of fused-ring (bicyclic) bond motifs is 1. The monoisotopic (exact) mass is 168 g/mol. The van der Waals surface area contributed by atoms with E-state index in [4.69, 9.17) is 4.74 Å². The van der Waals surface area contributed by atoms with Crippen LogP contribution in [-0.2, 0) is 9.53 Å². The molecule has 4 atom stereocenters. The lowest BCUT2D eigenvalue weighted by atomic mass is 10.0. The molecule has 0 N–H and O–H groups in total. The van der Waals surface area contributed by atoms with Crippen LogP contribution < -0.4 is 0 Å². The number of ether oxygens (including phenoxy) is 1. The molecule has 2 saturated carbocycles. The quantitative estimate of drug-likeness (QED) is 0.588. The van der Waals surface area contributed by atoms with E-state index in [9.17, 15) is 4.79 Å². The summed E-state index contributed by atoms with van der Waals surface area (Å²) in [6.07, 6.45) is 2.49. The molecule has 0 spiro atoms. The molecule has 2 rings (SSSR count). The Balaban J connectivity index is 1.85. The van der Waals surface area contributed by atoms with Gasteiger partial charge in [-0.15, -0.1) is 0 Å². The van der Waals surface area contributed by atoms with E-state index in [0.717, 1.165) is 5.92 Å². The lowest BCUT2D eigenvalue weighted by molar-refractivity contribution is -0.145. The number of hydrogen-bond acceptors (Lipinski definition) is 2. The van der Waals surface area contributed by atoms with Gasteiger partial charge in [0.25, 0.3) is 0 Å². The highest BCUT2D eigenvalue weighted by Gasteiger charge is 2.59. The zero-order chi connectivity index (χ0) is 8.72. The van der Waals surface area contributed by atoms with Crippen LogP contribution in [0.25, 0.3) is 0 Å². The summed E-state index contributed by atoms with van der Waals surface area (Å²) >= 11 is 0. The van der Waals surface area contributed by atoms with E-state index in [1.165, 1.54) is 12.8 Å². The van der Waals surface area contributed by atoms with Crippen LogP contribution in [0.3, 0.4) is 0 Å². The molecule has 2 heteroatoms. The molecule has 1 unspecified atom stereocenters. The molecule has 0 saturated heterocycles. The molecule has 12 heavy (non-hydrogen) atoms. The standard InChI is InChI=1S/C10H16O2/c1-3-12-10(11)9-7-4-6(2)5-8(7)9/h6-9H,3-5H2,1-2H3/t6?,7-,8+,9+. The Bertz CT molecular complexity index is 188. The van der Waals surface area contributed by atoms with E-state index in [1.807, 2.05) is 6.92 Å². The summed E-state index contributed by atoms with van der Waals surface area (Å²) in [7, 11) is 0. The molecule has 68 valence electrons. The Morgan fingerprint density at radius 1 is 1.42 bits per heavy atom. The largest absolute Gasteiger partial charge is 0.466 e. The minimum absolute atomic E-state index is 0.0550. The number of rotatable bonds is 2. The number of carbonyl (C=O) groups is 1. The molecule has 0 amide bonds. The molecule has 0 radical (unpaired) electrons. The molecule has 2 nitrogen and oxygen atoms in total. The van der Waals surface area contributed by atoms with Crippen molar-refractivity contribution in [2.75, 3.05) is 6.61 Å². The maximum atomic E-state index is 11.3. The molecule has 2 aliphatic rings. The summed E-state index contributed by atoms with van der Waals surface area (Å²) in [5.74, 6) is 2.53. The van der Waals surface area contributed by atoms with Crippen LogP contribution in [0.5, 0.6) is 0 Å². The molecule has 2 aliphatic carbocycles. The van der Waals surface area contributed by atoms with Gasteiger partial charge in [-0.1, -0.05) is 6.92 Å². The molecule has 0 aromatic rings. The van der Waals surface area contributed by atoms with Crippen LogP contribution in [0, 0.1) is 23.7 Å². The second-order valence-electron chi connectivity index (χ2n) is 4.18. The van der Waals surface area contributed by atoms with Crippen molar-refractivity contribution >= 4 is 5.97 Å². The summed E-state index contributed by atoms with van der Waals surface area (Å²) in [5.41, 5.74) is 0. The fraction of sp³-hybridized carbons (Fsp3) is 0.900. The Morgan fingerprint density at radius 3 is 2.50 bits per heavy atom. The third-order valence-corrected chi connectivity index (χ3v) is 3.24. The topological polar surface area (TPSA) is 26.3 Å². The van der Waals surface area contributed by atoms with Crippen LogP contribution >= 0.6 is 0 Å². The molecular formula is C10H16O2. The Hall–Kier alpha value is -0.530. The zero-order valence-corrected chi connectivity index (χ0v) is 7.75. The average molecular weight is 168 g/mol. The molecule has 0 aliphatic heterocycles. The van der Waals surface area contributed by atoms with Crippen molar-refractivity contribution in [2.45, 2.75) is 26.7 Å². The van der Waals surface area contributed by atoms with Gasteiger partial charge < -0.3 is 4.74 Å². The molecule has 0 heterocycles. The van der Waals surface area contributed by atoms with Crippen molar-refractivity contribution in [1.82, 2.24) is 0 Å². The van der Waals surface area contributed by atoms with Crippen LogP contribution in [0.4, 0.5) is 0 Å². The van der Waals surface area contributed by atoms with Gasteiger partial charge in [-0.05, 0) is 37.5 Å². The van der Waals surface area contributed by atoms with Gasteiger partial charge in [-0.2, -0.15) is 0 Å². The van der Waals surface area contributed by atoms with Crippen molar-refractivity contribution in [2.24, 2.45) is 23.7 Å². The van der Waals surface area contributed by atoms with Crippen molar-refractivity contribution in [3.63, 3.8) is 0 Å². The van der Waals surface area contributed by atoms with Gasteiger partial charge in [0.15, 0.2) is 0 Å². The van der Waals surface area contributed by atoms with Crippen LogP contribution in [-0.4, -0.2) is 12.6 Å².